The number of hydrogen-bond donors (Lipinski definition) is 2. The van der Waals surface area contributed by atoms with E-state index in [2.05, 4.69) is 26.1 Å². The molecule has 0 amide bonds. The highest BCUT2D eigenvalue weighted by molar-refractivity contribution is 4.83. The molecule has 0 aromatic rings. The molecule has 0 bridgehead atoms. The fraction of sp³-hybridized carbons (Fsp3) is 1.00. The smallest absolute Gasteiger partial charge is 0.0610 e. The molecule has 1 aliphatic carbocycles. The van der Waals surface area contributed by atoms with Crippen molar-refractivity contribution in [3.63, 3.8) is 0 Å². The lowest BCUT2D eigenvalue weighted by Crippen LogP contribution is -2.47. The van der Waals surface area contributed by atoms with Crippen LogP contribution in [0.15, 0.2) is 0 Å². The first kappa shape index (κ1) is 13.0. The standard InChI is InChI=1S/C13H27NO/c1-4-13(3,10-15)14-9-12-7-5-6-11(2)8-12/h11-12,14-15H,4-10H2,1-3H3. The molecule has 0 aromatic carbocycles. The topological polar surface area (TPSA) is 32.3 Å². The van der Waals surface area contributed by atoms with Crippen LogP contribution >= 0.6 is 0 Å². The van der Waals surface area contributed by atoms with Crippen molar-refractivity contribution in [2.75, 3.05) is 13.2 Å². The van der Waals surface area contributed by atoms with Gasteiger partial charge in [0.05, 0.1) is 6.61 Å². The lowest BCUT2D eigenvalue weighted by Gasteiger charge is -2.33. The van der Waals surface area contributed by atoms with Crippen LogP contribution in [0.5, 0.6) is 0 Å². The minimum Gasteiger partial charge on any atom is -0.394 e. The summed E-state index contributed by atoms with van der Waals surface area (Å²) in [5, 5.41) is 12.8. The molecule has 3 atom stereocenters. The highest BCUT2D eigenvalue weighted by Crippen LogP contribution is 2.28. The summed E-state index contributed by atoms with van der Waals surface area (Å²) in [6, 6.07) is 0. The van der Waals surface area contributed by atoms with Crippen LogP contribution in [-0.2, 0) is 0 Å². The van der Waals surface area contributed by atoms with Crippen LogP contribution in [0.1, 0.15) is 52.9 Å². The number of aliphatic hydroxyl groups is 1. The Hall–Kier alpha value is -0.0800. The fourth-order valence-electron chi connectivity index (χ4n) is 2.43. The molecule has 0 heterocycles. The monoisotopic (exact) mass is 213 g/mol. The third-order valence-corrected chi connectivity index (χ3v) is 3.99. The highest BCUT2D eigenvalue weighted by Gasteiger charge is 2.24. The van der Waals surface area contributed by atoms with Crippen LogP contribution in [0.25, 0.3) is 0 Å². The largest absolute Gasteiger partial charge is 0.394 e. The van der Waals surface area contributed by atoms with Gasteiger partial charge in [-0.2, -0.15) is 0 Å². The molecule has 0 saturated heterocycles. The van der Waals surface area contributed by atoms with E-state index in [1.54, 1.807) is 0 Å². The molecule has 90 valence electrons. The van der Waals surface area contributed by atoms with E-state index < -0.39 is 0 Å². The van der Waals surface area contributed by atoms with Crippen molar-refractivity contribution in [3.05, 3.63) is 0 Å². The van der Waals surface area contributed by atoms with Gasteiger partial charge in [0.1, 0.15) is 0 Å². The zero-order chi connectivity index (χ0) is 11.3. The molecule has 1 aliphatic rings. The summed E-state index contributed by atoms with van der Waals surface area (Å²) >= 11 is 0. The van der Waals surface area contributed by atoms with Crippen LogP contribution in [0, 0.1) is 11.8 Å². The van der Waals surface area contributed by atoms with E-state index in [9.17, 15) is 5.11 Å². The first-order valence-corrected chi connectivity index (χ1v) is 6.45. The average molecular weight is 213 g/mol. The predicted molar refractivity (Wildman–Crippen MR) is 64.9 cm³/mol. The SMILES string of the molecule is CCC(C)(CO)NCC1CCCC(C)C1. The van der Waals surface area contributed by atoms with E-state index in [0.717, 1.165) is 24.8 Å². The van der Waals surface area contributed by atoms with E-state index >= 15 is 0 Å². The minimum atomic E-state index is -0.0688. The van der Waals surface area contributed by atoms with Crippen molar-refractivity contribution in [2.24, 2.45) is 11.8 Å². The molecule has 0 radical (unpaired) electrons. The lowest BCUT2D eigenvalue weighted by molar-refractivity contribution is 0.155. The second-order valence-corrected chi connectivity index (χ2v) is 5.59. The van der Waals surface area contributed by atoms with Crippen molar-refractivity contribution in [2.45, 2.75) is 58.4 Å². The Labute approximate surface area is 94.5 Å². The van der Waals surface area contributed by atoms with Gasteiger partial charge in [-0.1, -0.05) is 26.7 Å². The Bertz CT molecular complexity index is 177. The summed E-state index contributed by atoms with van der Waals surface area (Å²) in [6.07, 6.45) is 6.50. The van der Waals surface area contributed by atoms with E-state index in [1.165, 1.54) is 25.7 Å². The molecule has 0 aromatic heterocycles. The number of rotatable bonds is 5. The van der Waals surface area contributed by atoms with Gasteiger partial charge in [-0.3, -0.25) is 0 Å². The van der Waals surface area contributed by atoms with Gasteiger partial charge < -0.3 is 10.4 Å². The Morgan fingerprint density at radius 2 is 2.13 bits per heavy atom. The lowest BCUT2D eigenvalue weighted by atomic mass is 9.82. The molecule has 2 heteroatoms. The second kappa shape index (κ2) is 5.86. The molecule has 0 aliphatic heterocycles. The number of nitrogens with one attached hydrogen (secondary N) is 1. The van der Waals surface area contributed by atoms with E-state index in [0.29, 0.717) is 0 Å². The fourth-order valence-corrected chi connectivity index (χ4v) is 2.43. The van der Waals surface area contributed by atoms with Crippen LogP contribution in [0.3, 0.4) is 0 Å². The maximum absolute atomic E-state index is 9.30. The normalized spacial score (nSPS) is 31.2. The van der Waals surface area contributed by atoms with Gasteiger partial charge in [-0.25, -0.2) is 0 Å². The summed E-state index contributed by atoms with van der Waals surface area (Å²) in [5.74, 6) is 1.72. The summed E-state index contributed by atoms with van der Waals surface area (Å²) < 4.78 is 0. The Morgan fingerprint density at radius 3 is 2.67 bits per heavy atom. The van der Waals surface area contributed by atoms with Crippen molar-refractivity contribution in [1.29, 1.82) is 0 Å². The van der Waals surface area contributed by atoms with Crippen LogP contribution in [0.2, 0.25) is 0 Å². The molecule has 15 heavy (non-hydrogen) atoms. The quantitative estimate of drug-likeness (QED) is 0.735. The summed E-state index contributed by atoms with van der Waals surface area (Å²) in [5.41, 5.74) is -0.0688. The van der Waals surface area contributed by atoms with Gasteiger partial charge in [-0.05, 0) is 44.6 Å². The van der Waals surface area contributed by atoms with Gasteiger partial charge >= 0.3 is 0 Å². The van der Waals surface area contributed by atoms with Crippen LogP contribution in [0.4, 0.5) is 0 Å². The molecular formula is C13H27NO. The van der Waals surface area contributed by atoms with Gasteiger partial charge in [0, 0.05) is 5.54 Å². The second-order valence-electron chi connectivity index (χ2n) is 5.59. The molecule has 2 N–H and O–H groups in total. The molecule has 3 unspecified atom stereocenters. The molecular weight excluding hydrogens is 186 g/mol. The van der Waals surface area contributed by atoms with Crippen molar-refractivity contribution >= 4 is 0 Å². The third kappa shape index (κ3) is 4.12. The maximum atomic E-state index is 9.30. The third-order valence-electron chi connectivity index (χ3n) is 3.99. The molecule has 1 rings (SSSR count). The van der Waals surface area contributed by atoms with Gasteiger partial charge in [0.15, 0.2) is 0 Å². The van der Waals surface area contributed by atoms with E-state index in [-0.39, 0.29) is 12.1 Å². The Morgan fingerprint density at radius 1 is 1.40 bits per heavy atom. The molecule has 1 fully saturated rings. The zero-order valence-corrected chi connectivity index (χ0v) is 10.6. The van der Waals surface area contributed by atoms with Crippen molar-refractivity contribution in [1.82, 2.24) is 5.32 Å². The summed E-state index contributed by atoms with van der Waals surface area (Å²) in [6.45, 7) is 7.92. The minimum absolute atomic E-state index is 0.0688. The van der Waals surface area contributed by atoms with Crippen LogP contribution in [-0.4, -0.2) is 23.8 Å². The summed E-state index contributed by atoms with van der Waals surface area (Å²) in [7, 11) is 0. The van der Waals surface area contributed by atoms with E-state index in [1.807, 2.05) is 0 Å². The molecule has 2 nitrogen and oxygen atoms in total. The van der Waals surface area contributed by atoms with Gasteiger partial charge in [0.25, 0.3) is 0 Å². The predicted octanol–water partition coefficient (Wildman–Crippen LogP) is 2.56. The number of aliphatic hydroxyl groups excluding tert-OH is 1. The van der Waals surface area contributed by atoms with E-state index in [4.69, 9.17) is 0 Å². The Kier molecular flexibility index (Phi) is 5.07. The summed E-state index contributed by atoms with van der Waals surface area (Å²) in [4.78, 5) is 0. The highest BCUT2D eigenvalue weighted by atomic mass is 16.3. The van der Waals surface area contributed by atoms with Gasteiger partial charge in [-0.15, -0.1) is 0 Å². The van der Waals surface area contributed by atoms with Crippen molar-refractivity contribution in [3.8, 4) is 0 Å². The van der Waals surface area contributed by atoms with Gasteiger partial charge in [0.2, 0.25) is 0 Å². The first-order valence-electron chi connectivity index (χ1n) is 6.45. The molecule has 1 saturated carbocycles. The van der Waals surface area contributed by atoms with Crippen molar-refractivity contribution < 1.29 is 5.11 Å². The average Bonchev–Trinajstić information content (AvgIpc) is 2.26. The molecule has 0 spiro atoms. The first-order chi connectivity index (χ1) is 7.09. The number of hydrogen-bond acceptors (Lipinski definition) is 2. The zero-order valence-electron chi connectivity index (χ0n) is 10.6. The Balaban J connectivity index is 2.29. The maximum Gasteiger partial charge on any atom is 0.0610 e. The van der Waals surface area contributed by atoms with Crippen LogP contribution < -0.4 is 5.32 Å².